The van der Waals surface area contributed by atoms with E-state index in [1.807, 2.05) is 36.4 Å². The lowest BCUT2D eigenvalue weighted by Gasteiger charge is -2.25. The molecule has 2 heterocycles. The smallest absolute Gasteiger partial charge is 0.271 e. The summed E-state index contributed by atoms with van der Waals surface area (Å²) in [5.41, 5.74) is 2.24. The van der Waals surface area contributed by atoms with Crippen molar-refractivity contribution in [2.45, 2.75) is 17.4 Å². The molecule has 1 atom stereocenters. The van der Waals surface area contributed by atoms with E-state index in [4.69, 9.17) is 21.1 Å². The third kappa shape index (κ3) is 4.08. The summed E-state index contributed by atoms with van der Waals surface area (Å²) in [6, 6.07) is 11.3. The number of carbonyl (C=O) groups excluding carboxylic acids is 1. The van der Waals surface area contributed by atoms with Crippen LogP contribution >= 0.6 is 34.7 Å². The zero-order chi connectivity index (χ0) is 20.4. The first-order valence-corrected chi connectivity index (χ1v) is 11.2. The molecule has 1 aromatic heterocycles. The van der Waals surface area contributed by atoms with Crippen LogP contribution in [-0.2, 0) is 0 Å². The molecule has 0 bridgehead atoms. The van der Waals surface area contributed by atoms with Gasteiger partial charge in [0.2, 0.25) is 0 Å². The molecule has 2 aromatic carbocycles. The van der Waals surface area contributed by atoms with Crippen molar-refractivity contribution in [1.82, 2.24) is 10.3 Å². The molecule has 150 valence electrons. The van der Waals surface area contributed by atoms with Gasteiger partial charge in [-0.3, -0.25) is 4.79 Å². The molecule has 0 spiro atoms. The van der Waals surface area contributed by atoms with Gasteiger partial charge in [0.1, 0.15) is 10.7 Å². The lowest BCUT2D eigenvalue weighted by Crippen LogP contribution is -2.30. The predicted octanol–water partition coefficient (Wildman–Crippen LogP) is 5.45. The number of thiazole rings is 1. The maximum atomic E-state index is 12.9. The minimum Gasteiger partial charge on any atom is -0.493 e. The zero-order valence-electron chi connectivity index (χ0n) is 15.9. The molecule has 29 heavy (non-hydrogen) atoms. The molecule has 1 unspecified atom stereocenters. The predicted molar refractivity (Wildman–Crippen MR) is 118 cm³/mol. The summed E-state index contributed by atoms with van der Waals surface area (Å²) >= 11 is 9.35. The van der Waals surface area contributed by atoms with Gasteiger partial charge in [-0.15, -0.1) is 23.1 Å². The average Bonchev–Trinajstić information content (AvgIpc) is 3.23. The van der Waals surface area contributed by atoms with Gasteiger partial charge in [-0.2, -0.15) is 0 Å². The molecular weight excluding hydrogens is 428 g/mol. The number of carbonyl (C=O) groups is 1. The van der Waals surface area contributed by atoms with E-state index in [2.05, 4.69) is 10.3 Å². The number of nitrogens with zero attached hydrogens (tertiary/aromatic N) is 1. The Balaban J connectivity index is 1.57. The Morgan fingerprint density at radius 2 is 2.10 bits per heavy atom. The Morgan fingerprint density at radius 1 is 1.24 bits per heavy atom. The number of halogens is 1. The molecule has 3 aromatic rings. The van der Waals surface area contributed by atoms with Gasteiger partial charge < -0.3 is 14.8 Å². The molecule has 0 radical (unpaired) electrons. The van der Waals surface area contributed by atoms with Gasteiger partial charge >= 0.3 is 0 Å². The van der Waals surface area contributed by atoms with E-state index in [1.54, 1.807) is 31.4 Å². The van der Waals surface area contributed by atoms with Crippen molar-refractivity contribution < 1.29 is 14.3 Å². The number of thioether (sulfide) groups is 1. The number of rotatable bonds is 5. The van der Waals surface area contributed by atoms with E-state index in [-0.39, 0.29) is 11.9 Å². The third-order valence-electron chi connectivity index (χ3n) is 4.69. The van der Waals surface area contributed by atoms with Crippen LogP contribution in [0.5, 0.6) is 11.5 Å². The van der Waals surface area contributed by atoms with Crippen molar-refractivity contribution in [2.75, 3.05) is 20.0 Å². The number of para-hydroxylation sites is 1. The molecule has 0 aliphatic carbocycles. The summed E-state index contributed by atoms with van der Waals surface area (Å²) in [6.07, 6.45) is 0.852. The maximum absolute atomic E-state index is 12.9. The molecule has 0 saturated heterocycles. The molecule has 8 heteroatoms. The van der Waals surface area contributed by atoms with Crippen LogP contribution in [0.25, 0.3) is 10.6 Å². The van der Waals surface area contributed by atoms with E-state index < -0.39 is 0 Å². The van der Waals surface area contributed by atoms with Crippen molar-refractivity contribution in [3.63, 3.8) is 0 Å². The molecule has 1 amide bonds. The van der Waals surface area contributed by atoms with E-state index >= 15 is 0 Å². The van der Waals surface area contributed by atoms with Crippen molar-refractivity contribution in [1.29, 1.82) is 0 Å². The van der Waals surface area contributed by atoms with E-state index in [1.165, 1.54) is 11.3 Å². The van der Waals surface area contributed by atoms with Crippen molar-refractivity contribution in [3.05, 3.63) is 58.1 Å². The SMILES string of the molecule is COc1cccc(-c2nc(C(=O)NC3CCSc4ccc(Cl)cc43)cs2)c1OC. The van der Waals surface area contributed by atoms with Gasteiger partial charge in [-0.25, -0.2) is 4.98 Å². The molecule has 4 rings (SSSR count). The van der Waals surface area contributed by atoms with Crippen LogP contribution in [0, 0.1) is 0 Å². The van der Waals surface area contributed by atoms with Gasteiger partial charge in [0.15, 0.2) is 11.5 Å². The topological polar surface area (TPSA) is 60.5 Å². The number of benzene rings is 2. The Morgan fingerprint density at radius 3 is 2.90 bits per heavy atom. The molecule has 0 fully saturated rings. The third-order valence-corrected chi connectivity index (χ3v) is 6.92. The second-order valence-electron chi connectivity index (χ2n) is 6.42. The van der Waals surface area contributed by atoms with Crippen LogP contribution in [0.1, 0.15) is 28.5 Å². The summed E-state index contributed by atoms with van der Waals surface area (Å²) in [4.78, 5) is 18.6. The number of hydrogen-bond acceptors (Lipinski definition) is 6. The van der Waals surface area contributed by atoms with Gasteiger partial charge in [-0.1, -0.05) is 17.7 Å². The Hall–Kier alpha value is -2.22. The summed E-state index contributed by atoms with van der Waals surface area (Å²) in [6.45, 7) is 0. The Kier molecular flexibility index (Phi) is 5.99. The fraction of sp³-hybridized carbons (Fsp3) is 0.238. The van der Waals surface area contributed by atoms with Gasteiger partial charge in [0.25, 0.3) is 5.91 Å². The highest BCUT2D eigenvalue weighted by Crippen LogP contribution is 2.40. The number of nitrogens with one attached hydrogen (secondary N) is 1. The van der Waals surface area contributed by atoms with Crippen LogP contribution in [-0.4, -0.2) is 30.9 Å². The maximum Gasteiger partial charge on any atom is 0.271 e. The van der Waals surface area contributed by atoms with Crippen LogP contribution in [0.15, 0.2) is 46.7 Å². The summed E-state index contributed by atoms with van der Waals surface area (Å²) in [5, 5.41) is 6.25. The Labute approximate surface area is 182 Å². The largest absolute Gasteiger partial charge is 0.493 e. The summed E-state index contributed by atoms with van der Waals surface area (Å²) in [5.74, 6) is 1.98. The first-order valence-electron chi connectivity index (χ1n) is 9.00. The number of ether oxygens (including phenoxy) is 2. The van der Waals surface area contributed by atoms with Crippen LogP contribution in [0.2, 0.25) is 5.02 Å². The lowest BCUT2D eigenvalue weighted by molar-refractivity contribution is 0.0930. The van der Waals surface area contributed by atoms with Crippen molar-refractivity contribution in [2.24, 2.45) is 0 Å². The normalized spacial score (nSPS) is 15.5. The molecule has 1 N–H and O–H groups in total. The molecule has 5 nitrogen and oxygen atoms in total. The van der Waals surface area contributed by atoms with Gasteiger partial charge in [0.05, 0.1) is 25.8 Å². The second kappa shape index (κ2) is 8.65. The quantitative estimate of drug-likeness (QED) is 0.564. The van der Waals surface area contributed by atoms with Crippen LogP contribution in [0.3, 0.4) is 0 Å². The monoisotopic (exact) mass is 446 g/mol. The van der Waals surface area contributed by atoms with E-state index in [9.17, 15) is 4.79 Å². The zero-order valence-corrected chi connectivity index (χ0v) is 18.3. The number of hydrogen-bond donors (Lipinski definition) is 1. The number of fused-ring (bicyclic) bond motifs is 1. The fourth-order valence-corrected chi connectivity index (χ4v) is 5.41. The van der Waals surface area contributed by atoms with Gasteiger partial charge in [-0.05, 0) is 42.3 Å². The number of amides is 1. The average molecular weight is 447 g/mol. The minimum absolute atomic E-state index is 0.0750. The van der Waals surface area contributed by atoms with Crippen LogP contribution < -0.4 is 14.8 Å². The second-order valence-corrected chi connectivity index (χ2v) is 8.86. The van der Waals surface area contributed by atoms with Gasteiger partial charge in [0, 0.05) is 21.1 Å². The first-order chi connectivity index (χ1) is 14.1. The first kappa shape index (κ1) is 20.1. The standard InChI is InChI=1S/C21H19ClN2O3S2/c1-26-17-5-3-4-13(19(17)27-2)21-24-16(11-29-21)20(25)23-15-8-9-28-18-7-6-12(22)10-14(15)18/h3-7,10-11,15H,8-9H2,1-2H3,(H,23,25). The van der Waals surface area contributed by atoms with Crippen molar-refractivity contribution >= 4 is 40.6 Å². The molecule has 1 aliphatic rings. The van der Waals surface area contributed by atoms with E-state index in [0.29, 0.717) is 27.2 Å². The molecule has 0 saturated carbocycles. The number of methoxy groups -OCH3 is 2. The van der Waals surface area contributed by atoms with E-state index in [0.717, 1.165) is 28.2 Å². The summed E-state index contributed by atoms with van der Waals surface area (Å²) < 4.78 is 10.8. The number of aromatic nitrogens is 1. The van der Waals surface area contributed by atoms with Crippen LogP contribution in [0.4, 0.5) is 0 Å². The molecule has 1 aliphatic heterocycles. The summed E-state index contributed by atoms with van der Waals surface area (Å²) in [7, 11) is 3.18. The highest BCUT2D eigenvalue weighted by Gasteiger charge is 2.24. The molecular formula is C21H19ClN2O3S2. The highest BCUT2D eigenvalue weighted by atomic mass is 35.5. The Bertz CT molecular complexity index is 1050. The highest BCUT2D eigenvalue weighted by molar-refractivity contribution is 7.99. The van der Waals surface area contributed by atoms with Crippen molar-refractivity contribution in [3.8, 4) is 22.1 Å². The lowest BCUT2D eigenvalue weighted by atomic mass is 10.0. The minimum atomic E-state index is -0.197. The fourth-order valence-electron chi connectivity index (χ4n) is 3.30.